The minimum absolute atomic E-state index is 0.0425. The molecule has 0 unspecified atom stereocenters. The van der Waals surface area contributed by atoms with E-state index in [-0.39, 0.29) is 47.3 Å². The maximum absolute atomic E-state index is 13.0. The van der Waals surface area contributed by atoms with Crippen LogP contribution in [0.5, 0.6) is 11.5 Å². The van der Waals surface area contributed by atoms with Gasteiger partial charge < -0.3 is 40.5 Å². The predicted molar refractivity (Wildman–Crippen MR) is 165 cm³/mol. The van der Waals surface area contributed by atoms with Crippen LogP contribution < -0.4 is 20.3 Å². The lowest BCUT2D eigenvalue weighted by atomic mass is 10.0. The first kappa shape index (κ1) is 35.6. The number of halogens is 1. The van der Waals surface area contributed by atoms with Crippen molar-refractivity contribution in [3.05, 3.63) is 82.4 Å². The van der Waals surface area contributed by atoms with Crippen LogP contribution in [0.2, 0.25) is 5.02 Å². The molecule has 0 aliphatic rings. The Morgan fingerprint density at radius 1 is 0.915 bits per heavy atom. The molecule has 0 saturated heterocycles. The zero-order valence-electron chi connectivity index (χ0n) is 24.8. The summed E-state index contributed by atoms with van der Waals surface area (Å²) in [6.45, 7) is 0.201. The highest BCUT2D eigenvalue weighted by atomic mass is 35.5. The molecule has 0 spiro atoms. The van der Waals surface area contributed by atoms with Gasteiger partial charge >= 0.3 is 29.9 Å². The summed E-state index contributed by atoms with van der Waals surface area (Å²) >= 11 is 5.87. The van der Waals surface area contributed by atoms with Crippen LogP contribution in [0.25, 0.3) is 0 Å². The Labute approximate surface area is 272 Å². The summed E-state index contributed by atoms with van der Waals surface area (Å²) < 4.78 is 10.1. The normalized spacial score (nSPS) is 11.1. The number of anilines is 2. The van der Waals surface area contributed by atoms with Gasteiger partial charge in [-0.3, -0.25) is 14.5 Å². The van der Waals surface area contributed by atoms with Gasteiger partial charge in [-0.15, -0.1) is 0 Å². The number of alkyl carbamates (subject to hydrolysis) is 1. The van der Waals surface area contributed by atoms with E-state index in [2.05, 4.69) is 15.4 Å². The van der Waals surface area contributed by atoms with Crippen molar-refractivity contribution in [2.75, 3.05) is 25.2 Å². The van der Waals surface area contributed by atoms with E-state index in [0.717, 1.165) is 18.1 Å². The molecule has 3 rings (SSSR count). The Morgan fingerprint density at radius 2 is 1.60 bits per heavy atom. The third-order valence-corrected chi connectivity index (χ3v) is 6.80. The van der Waals surface area contributed by atoms with E-state index in [1.54, 1.807) is 0 Å². The molecular formula is C31H30ClN3O12. The molecule has 47 heavy (non-hydrogen) atoms. The fourth-order valence-electron chi connectivity index (χ4n) is 4.38. The molecule has 248 valence electrons. The Hall–Kier alpha value is -5.83. The van der Waals surface area contributed by atoms with Gasteiger partial charge in [0.15, 0.2) is 0 Å². The van der Waals surface area contributed by atoms with E-state index in [1.807, 2.05) is 0 Å². The topological polar surface area (TPSA) is 229 Å². The number of unbranched alkanes of at least 4 members (excludes halogenated alkanes) is 1. The zero-order valence-corrected chi connectivity index (χ0v) is 25.5. The first-order chi connectivity index (χ1) is 22.3. The molecule has 3 aromatic carbocycles. The lowest BCUT2D eigenvalue weighted by Gasteiger charge is -2.23. The Balaban J connectivity index is 1.66. The lowest BCUT2D eigenvalue weighted by Crippen LogP contribution is -2.48. The number of hydrogen-bond acceptors (Lipinski definition) is 9. The van der Waals surface area contributed by atoms with E-state index < -0.39 is 53.2 Å². The first-order valence-electron chi connectivity index (χ1n) is 13.8. The monoisotopic (exact) mass is 671 g/mol. The van der Waals surface area contributed by atoms with E-state index >= 15 is 0 Å². The van der Waals surface area contributed by atoms with Crippen LogP contribution >= 0.6 is 11.6 Å². The quantitative estimate of drug-likeness (QED) is 0.107. The van der Waals surface area contributed by atoms with Crippen molar-refractivity contribution in [1.82, 2.24) is 10.6 Å². The van der Waals surface area contributed by atoms with Crippen LogP contribution in [-0.2, 0) is 25.5 Å². The average molecular weight is 672 g/mol. The number of hydrogen-bond donors (Lipinski definition) is 6. The number of aromatic hydroxyl groups is 1. The smallest absolute Gasteiger partial charge is 0.407 e. The van der Waals surface area contributed by atoms with Crippen LogP contribution in [0, 0.1) is 0 Å². The van der Waals surface area contributed by atoms with Gasteiger partial charge in [-0.05, 0) is 54.8 Å². The molecule has 0 fully saturated rings. The molecule has 1 atom stereocenters. The van der Waals surface area contributed by atoms with Gasteiger partial charge in [-0.25, -0.2) is 19.2 Å². The number of carbonyl (C=O) groups is 6. The zero-order chi connectivity index (χ0) is 34.7. The summed E-state index contributed by atoms with van der Waals surface area (Å²) in [6.07, 6.45) is -0.150. The molecule has 0 aliphatic carbocycles. The number of ether oxygens (including phenoxy) is 2. The van der Waals surface area contributed by atoms with Crippen molar-refractivity contribution < 1.29 is 58.7 Å². The molecule has 15 nitrogen and oxygen atoms in total. The van der Waals surface area contributed by atoms with Crippen LogP contribution in [0.1, 0.15) is 39.1 Å². The summed E-state index contributed by atoms with van der Waals surface area (Å²) in [5.74, 6) is -7.18. The van der Waals surface area contributed by atoms with Gasteiger partial charge in [0, 0.05) is 23.7 Å². The maximum Gasteiger partial charge on any atom is 0.407 e. The fraction of sp³-hybridized carbons (Fsp3) is 0.226. The van der Waals surface area contributed by atoms with Crippen molar-refractivity contribution in [3.8, 4) is 11.5 Å². The van der Waals surface area contributed by atoms with Gasteiger partial charge in [-0.1, -0.05) is 35.9 Å². The SMILES string of the molecule is COC(=O)N[C@@H](Cc1ccc(N(C(=O)C(=O)O)c2ccccc2C(=O)O)cc1)C(=O)NCCCCOc1cc(Cl)cc(O)c1C(=O)O. The molecule has 0 bridgehead atoms. The highest BCUT2D eigenvalue weighted by molar-refractivity contribution is 6.39. The van der Waals surface area contributed by atoms with Gasteiger partial charge in [0.05, 0.1) is 25.0 Å². The summed E-state index contributed by atoms with van der Waals surface area (Å²) in [5.41, 5.74) is -0.359. The Bertz CT molecular complexity index is 1660. The number of rotatable bonds is 14. The summed E-state index contributed by atoms with van der Waals surface area (Å²) in [6, 6.07) is 12.3. The molecule has 3 amide bonds. The second-order valence-corrected chi connectivity index (χ2v) is 10.2. The standard InChI is InChI=1S/C31H30ClN3O12/c1-46-31(45)34-21(26(37)33-12-4-5-13-47-24-16-18(32)15-23(36)25(24)29(41)42)14-17-8-10-19(11-9-17)35(27(38)30(43)44)22-7-3-2-6-20(22)28(39)40/h2-3,6-11,15-16,21,36H,4-5,12-14H2,1H3,(H,33,37)(H,34,45)(H,39,40)(H,41,42)(H,43,44)/t21-/m0/s1. The number of para-hydroxylation sites is 1. The van der Waals surface area contributed by atoms with Crippen molar-refractivity contribution in [2.45, 2.75) is 25.3 Å². The van der Waals surface area contributed by atoms with Gasteiger partial charge in [0.1, 0.15) is 23.1 Å². The molecular weight excluding hydrogens is 642 g/mol. The van der Waals surface area contributed by atoms with Crippen LogP contribution in [0.4, 0.5) is 16.2 Å². The predicted octanol–water partition coefficient (Wildman–Crippen LogP) is 3.43. The lowest BCUT2D eigenvalue weighted by molar-refractivity contribution is -0.148. The van der Waals surface area contributed by atoms with Gasteiger partial charge in [-0.2, -0.15) is 0 Å². The molecule has 3 aromatic rings. The van der Waals surface area contributed by atoms with E-state index in [4.69, 9.17) is 16.3 Å². The highest BCUT2D eigenvalue weighted by Crippen LogP contribution is 2.32. The minimum Gasteiger partial charge on any atom is -0.507 e. The van der Waals surface area contributed by atoms with Crippen LogP contribution in [0.15, 0.2) is 60.7 Å². The van der Waals surface area contributed by atoms with Crippen LogP contribution in [0.3, 0.4) is 0 Å². The number of methoxy groups -OCH3 is 1. The number of nitrogens with zero attached hydrogens (tertiary/aromatic N) is 1. The number of phenols is 1. The minimum atomic E-state index is -1.81. The third-order valence-electron chi connectivity index (χ3n) is 6.58. The number of aliphatic carboxylic acids is 1. The first-order valence-corrected chi connectivity index (χ1v) is 14.2. The molecule has 0 radical (unpaired) electrons. The number of aromatic carboxylic acids is 2. The Kier molecular flexibility index (Phi) is 12.5. The summed E-state index contributed by atoms with van der Waals surface area (Å²) in [7, 11) is 1.12. The molecule has 16 heteroatoms. The largest absolute Gasteiger partial charge is 0.507 e. The number of benzene rings is 3. The summed E-state index contributed by atoms with van der Waals surface area (Å²) in [5, 5.41) is 43.3. The van der Waals surface area contributed by atoms with Crippen molar-refractivity contribution in [1.29, 1.82) is 0 Å². The number of carboxylic acids is 3. The molecule has 0 saturated carbocycles. The average Bonchev–Trinajstić information content (AvgIpc) is 3.02. The Morgan fingerprint density at radius 3 is 2.21 bits per heavy atom. The fourth-order valence-corrected chi connectivity index (χ4v) is 4.58. The number of carboxylic acid groups (broad SMARTS) is 3. The highest BCUT2D eigenvalue weighted by Gasteiger charge is 2.28. The second-order valence-electron chi connectivity index (χ2n) is 9.78. The van der Waals surface area contributed by atoms with Crippen LogP contribution in [-0.4, -0.2) is 82.5 Å². The number of carbonyl (C=O) groups excluding carboxylic acids is 3. The van der Waals surface area contributed by atoms with E-state index in [0.29, 0.717) is 18.4 Å². The van der Waals surface area contributed by atoms with Crippen molar-refractivity contribution in [2.24, 2.45) is 0 Å². The maximum atomic E-state index is 13.0. The van der Waals surface area contributed by atoms with E-state index in [9.17, 15) is 49.2 Å². The number of amides is 3. The third kappa shape index (κ3) is 9.58. The van der Waals surface area contributed by atoms with E-state index in [1.165, 1.54) is 54.6 Å². The number of nitrogens with one attached hydrogen (secondary N) is 2. The second kappa shape index (κ2) is 16.5. The molecule has 6 N–H and O–H groups in total. The molecule has 0 aromatic heterocycles. The summed E-state index contributed by atoms with van der Waals surface area (Å²) in [4.78, 5) is 73.0. The van der Waals surface area contributed by atoms with Crippen molar-refractivity contribution >= 4 is 58.8 Å². The molecule has 0 aliphatic heterocycles. The van der Waals surface area contributed by atoms with Gasteiger partial charge in [0.2, 0.25) is 5.91 Å². The molecule has 0 heterocycles. The van der Waals surface area contributed by atoms with Crippen molar-refractivity contribution in [3.63, 3.8) is 0 Å². The van der Waals surface area contributed by atoms with Gasteiger partial charge in [0.25, 0.3) is 0 Å².